The van der Waals surface area contributed by atoms with Crippen molar-refractivity contribution >= 4 is 21.4 Å². The minimum atomic E-state index is -3.52. The molecule has 0 unspecified atom stereocenters. The molecule has 1 rings (SSSR count). The van der Waals surface area contributed by atoms with Gasteiger partial charge in [-0.1, -0.05) is 6.92 Å². The highest BCUT2D eigenvalue weighted by atomic mass is 32.2. The predicted molar refractivity (Wildman–Crippen MR) is 76.5 cm³/mol. The summed E-state index contributed by atoms with van der Waals surface area (Å²) in [6.45, 7) is 5.51. The Balaban J connectivity index is 3.15. The molecule has 0 aliphatic carbocycles. The van der Waals surface area contributed by atoms with Crippen molar-refractivity contribution in [2.45, 2.75) is 31.2 Å². The van der Waals surface area contributed by atoms with Gasteiger partial charge in [-0.2, -0.15) is 0 Å². The summed E-state index contributed by atoms with van der Waals surface area (Å²) in [5.41, 5.74) is 6.13. The van der Waals surface area contributed by atoms with Crippen molar-refractivity contribution in [3.63, 3.8) is 0 Å². The van der Waals surface area contributed by atoms with E-state index in [-0.39, 0.29) is 11.5 Å². The Kier molecular flexibility index (Phi) is 4.78. The van der Waals surface area contributed by atoms with Gasteiger partial charge in [0.25, 0.3) is 0 Å². The summed E-state index contributed by atoms with van der Waals surface area (Å²) >= 11 is 0. The van der Waals surface area contributed by atoms with Crippen molar-refractivity contribution in [1.82, 2.24) is 4.72 Å². The second-order valence-corrected chi connectivity index (χ2v) is 6.68. The standard InChI is InChI=1S/C12H21N3O3S/c1-4-14-19(17,18)9-5-6-10(13)11(7-9)15-12(2,3)8-16/h5-7,14-16H,4,8,13H2,1-3H3. The van der Waals surface area contributed by atoms with Crippen molar-refractivity contribution in [2.75, 3.05) is 24.2 Å². The highest BCUT2D eigenvalue weighted by Gasteiger charge is 2.19. The molecular weight excluding hydrogens is 266 g/mol. The quantitative estimate of drug-likeness (QED) is 0.578. The number of aliphatic hydroxyl groups excluding tert-OH is 1. The van der Waals surface area contributed by atoms with Crippen molar-refractivity contribution in [1.29, 1.82) is 0 Å². The first-order valence-corrected chi connectivity index (χ1v) is 7.48. The van der Waals surface area contributed by atoms with Crippen LogP contribution in [0.1, 0.15) is 20.8 Å². The van der Waals surface area contributed by atoms with Gasteiger partial charge in [0.05, 0.1) is 28.4 Å². The van der Waals surface area contributed by atoms with Gasteiger partial charge in [0, 0.05) is 6.54 Å². The Morgan fingerprint density at radius 2 is 2.00 bits per heavy atom. The van der Waals surface area contributed by atoms with E-state index >= 15 is 0 Å². The molecule has 0 aliphatic heterocycles. The van der Waals surface area contributed by atoms with Gasteiger partial charge in [-0.3, -0.25) is 0 Å². The van der Waals surface area contributed by atoms with Gasteiger partial charge in [-0.25, -0.2) is 13.1 Å². The van der Waals surface area contributed by atoms with Crippen LogP contribution in [0.25, 0.3) is 0 Å². The molecule has 0 bridgehead atoms. The second kappa shape index (κ2) is 5.77. The zero-order valence-corrected chi connectivity index (χ0v) is 12.2. The summed E-state index contributed by atoms with van der Waals surface area (Å²) in [6, 6.07) is 4.44. The lowest BCUT2D eigenvalue weighted by Crippen LogP contribution is -2.35. The molecule has 0 saturated carbocycles. The van der Waals surface area contributed by atoms with Crippen LogP contribution in [-0.2, 0) is 10.0 Å². The second-order valence-electron chi connectivity index (χ2n) is 4.92. The molecule has 0 heterocycles. The first-order valence-electron chi connectivity index (χ1n) is 6.00. The molecule has 19 heavy (non-hydrogen) atoms. The smallest absolute Gasteiger partial charge is 0.240 e. The summed E-state index contributed by atoms with van der Waals surface area (Å²) in [6.07, 6.45) is 0. The minimum absolute atomic E-state index is 0.101. The van der Waals surface area contributed by atoms with Crippen molar-refractivity contribution < 1.29 is 13.5 Å². The maximum absolute atomic E-state index is 11.9. The number of nitrogen functional groups attached to an aromatic ring is 1. The van der Waals surface area contributed by atoms with E-state index in [1.54, 1.807) is 20.8 Å². The fourth-order valence-electron chi connectivity index (χ4n) is 1.49. The van der Waals surface area contributed by atoms with Crippen LogP contribution in [0.2, 0.25) is 0 Å². The maximum atomic E-state index is 11.9. The molecule has 1 aromatic carbocycles. The third-order valence-electron chi connectivity index (χ3n) is 2.54. The largest absolute Gasteiger partial charge is 0.397 e. The van der Waals surface area contributed by atoms with E-state index in [0.29, 0.717) is 17.9 Å². The molecule has 5 N–H and O–H groups in total. The highest BCUT2D eigenvalue weighted by molar-refractivity contribution is 7.89. The van der Waals surface area contributed by atoms with E-state index in [2.05, 4.69) is 10.0 Å². The number of hydrogen-bond acceptors (Lipinski definition) is 5. The Labute approximate surface area is 114 Å². The minimum Gasteiger partial charge on any atom is -0.397 e. The van der Waals surface area contributed by atoms with Gasteiger partial charge in [-0.05, 0) is 32.0 Å². The van der Waals surface area contributed by atoms with Crippen LogP contribution in [0.4, 0.5) is 11.4 Å². The van der Waals surface area contributed by atoms with E-state index in [1.165, 1.54) is 18.2 Å². The van der Waals surface area contributed by atoms with Crippen LogP contribution in [0, 0.1) is 0 Å². The molecule has 0 atom stereocenters. The van der Waals surface area contributed by atoms with Gasteiger partial charge >= 0.3 is 0 Å². The van der Waals surface area contributed by atoms with Crippen LogP contribution in [0.5, 0.6) is 0 Å². The number of nitrogens with two attached hydrogens (primary N) is 1. The lowest BCUT2D eigenvalue weighted by atomic mass is 10.1. The number of nitrogens with one attached hydrogen (secondary N) is 2. The number of aliphatic hydroxyl groups is 1. The van der Waals surface area contributed by atoms with E-state index in [9.17, 15) is 13.5 Å². The Morgan fingerprint density at radius 1 is 1.37 bits per heavy atom. The van der Waals surface area contributed by atoms with Crippen LogP contribution < -0.4 is 15.8 Å². The SMILES string of the molecule is CCNS(=O)(=O)c1ccc(N)c(NC(C)(C)CO)c1. The lowest BCUT2D eigenvalue weighted by molar-refractivity contribution is 0.234. The zero-order chi connectivity index (χ0) is 14.7. The molecule has 1 aromatic rings. The molecule has 0 fully saturated rings. The van der Waals surface area contributed by atoms with Gasteiger partial charge in [0.2, 0.25) is 10.0 Å². The third kappa shape index (κ3) is 4.09. The third-order valence-corrected chi connectivity index (χ3v) is 4.08. The summed E-state index contributed by atoms with van der Waals surface area (Å²) in [5.74, 6) is 0. The fourth-order valence-corrected chi connectivity index (χ4v) is 2.56. The topological polar surface area (TPSA) is 104 Å². The summed E-state index contributed by atoms with van der Waals surface area (Å²) in [5, 5.41) is 12.2. The molecule has 6 nitrogen and oxygen atoms in total. The van der Waals surface area contributed by atoms with Crippen LogP contribution in [0.3, 0.4) is 0 Å². The first-order chi connectivity index (χ1) is 8.72. The average molecular weight is 287 g/mol. The molecule has 0 saturated heterocycles. The van der Waals surface area contributed by atoms with E-state index < -0.39 is 15.6 Å². The molecular formula is C12H21N3O3S. The molecule has 0 aromatic heterocycles. The van der Waals surface area contributed by atoms with Crippen molar-refractivity contribution in [3.8, 4) is 0 Å². The number of sulfonamides is 1. The van der Waals surface area contributed by atoms with Crippen LogP contribution >= 0.6 is 0 Å². The molecule has 7 heteroatoms. The number of anilines is 2. The van der Waals surface area contributed by atoms with Gasteiger partial charge in [0.1, 0.15) is 0 Å². The number of hydrogen-bond donors (Lipinski definition) is 4. The monoisotopic (exact) mass is 287 g/mol. The lowest BCUT2D eigenvalue weighted by Gasteiger charge is -2.26. The summed E-state index contributed by atoms with van der Waals surface area (Å²) in [4.78, 5) is 0.139. The van der Waals surface area contributed by atoms with E-state index in [1.807, 2.05) is 0 Å². The van der Waals surface area contributed by atoms with Crippen molar-refractivity contribution in [2.24, 2.45) is 0 Å². The van der Waals surface area contributed by atoms with Gasteiger partial charge in [0.15, 0.2) is 0 Å². The first kappa shape index (κ1) is 15.7. The average Bonchev–Trinajstić information content (AvgIpc) is 2.31. The van der Waals surface area contributed by atoms with Crippen LogP contribution in [0.15, 0.2) is 23.1 Å². The maximum Gasteiger partial charge on any atom is 0.240 e. The van der Waals surface area contributed by atoms with E-state index in [0.717, 1.165) is 0 Å². The Bertz CT molecular complexity index is 541. The van der Waals surface area contributed by atoms with Crippen molar-refractivity contribution in [3.05, 3.63) is 18.2 Å². The zero-order valence-electron chi connectivity index (χ0n) is 11.4. The van der Waals surface area contributed by atoms with Gasteiger partial charge in [-0.15, -0.1) is 0 Å². The molecule has 0 amide bonds. The van der Waals surface area contributed by atoms with Crippen LogP contribution in [-0.4, -0.2) is 32.2 Å². The molecule has 0 radical (unpaired) electrons. The molecule has 0 aliphatic rings. The molecule has 0 spiro atoms. The highest BCUT2D eigenvalue weighted by Crippen LogP contribution is 2.25. The number of rotatable bonds is 6. The fraction of sp³-hybridized carbons (Fsp3) is 0.500. The Morgan fingerprint density at radius 3 is 2.53 bits per heavy atom. The number of benzene rings is 1. The van der Waals surface area contributed by atoms with E-state index in [4.69, 9.17) is 5.73 Å². The summed E-state index contributed by atoms with van der Waals surface area (Å²) < 4.78 is 26.2. The predicted octanol–water partition coefficient (Wildman–Crippen LogP) is 0.750. The van der Waals surface area contributed by atoms with Gasteiger partial charge < -0.3 is 16.2 Å². The normalized spacial score (nSPS) is 12.4. The molecule has 108 valence electrons. The summed E-state index contributed by atoms with van der Waals surface area (Å²) in [7, 11) is -3.52. The Hall–Kier alpha value is -1.31.